The molecule has 0 spiro atoms. The van der Waals surface area contributed by atoms with Crippen molar-refractivity contribution in [3.63, 3.8) is 0 Å². The molecule has 0 fully saturated rings. The maximum absolute atomic E-state index is 12.4. The topological polar surface area (TPSA) is 108 Å². The summed E-state index contributed by atoms with van der Waals surface area (Å²) in [7, 11) is 0. The predicted molar refractivity (Wildman–Crippen MR) is 94.7 cm³/mol. The number of nitriles is 1. The zero-order valence-corrected chi connectivity index (χ0v) is 13.8. The summed E-state index contributed by atoms with van der Waals surface area (Å²) in [6.45, 7) is 1.72. The van der Waals surface area contributed by atoms with Crippen molar-refractivity contribution in [2.45, 2.75) is 6.92 Å². The van der Waals surface area contributed by atoms with Crippen LogP contribution in [0.2, 0.25) is 0 Å². The monoisotopic (exact) mass is 346 g/mol. The van der Waals surface area contributed by atoms with Gasteiger partial charge in [0, 0.05) is 22.9 Å². The van der Waals surface area contributed by atoms with Gasteiger partial charge in [-0.3, -0.25) is 9.59 Å². The Bertz CT molecular complexity index is 1000. The number of aryl methyl sites for hydroxylation is 1. The van der Waals surface area contributed by atoms with Gasteiger partial charge in [0.1, 0.15) is 5.76 Å². The van der Waals surface area contributed by atoms with E-state index >= 15 is 0 Å². The molecule has 7 nitrogen and oxygen atoms in total. The Kier molecular flexibility index (Phi) is 4.76. The lowest BCUT2D eigenvalue weighted by molar-refractivity contribution is 0.102. The van der Waals surface area contributed by atoms with Gasteiger partial charge in [-0.25, -0.2) is 0 Å². The molecule has 2 N–H and O–H groups in total. The molecule has 0 unspecified atom stereocenters. The van der Waals surface area contributed by atoms with Crippen LogP contribution in [0.4, 0.5) is 11.5 Å². The summed E-state index contributed by atoms with van der Waals surface area (Å²) in [5, 5.41) is 17.8. The van der Waals surface area contributed by atoms with E-state index in [1.165, 1.54) is 6.07 Å². The third-order valence-electron chi connectivity index (χ3n) is 3.53. The molecular formula is C19H14N4O3. The van der Waals surface area contributed by atoms with Crippen LogP contribution >= 0.6 is 0 Å². The van der Waals surface area contributed by atoms with Crippen molar-refractivity contribution in [3.8, 4) is 6.07 Å². The van der Waals surface area contributed by atoms with E-state index < -0.39 is 5.91 Å². The summed E-state index contributed by atoms with van der Waals surface area (Å²) >= 11 is 0. The molecule has 128 valence electrons. The van der Waals surface area contributed by atoms with Crippen LogP contribution in [0.25, 0.3) is 0 Å². The standard InChI is InChI=1S/C19H14N4O3/c1-12-9-17(23-26-12)22-19(25)15-4-2-3-14(10-15)18(24)21-16-7-5-13(11-20)6-8-16/h2-10H,1H3,(H,21,24)(H,22,23,25). The molecule has 0 aliphatic heterocycles. The highest BCUT2D eigenvalue weighted by atomic mass is 16.5. The minimum Gasteiger partial charge on any atom is -0.360 e. The normalized spacial score (nSPS) is 10.0. The van der Waals surface area contributed by atoms with E-state index in [-0.39, 0.29) is 5.91 Å². The number of hydrogen-bond acceptors (Lipinski definition) is 5. The second kappa shape index (κ2) is 7.32. The third-order valence-corrected chi connectivity index (χ3v) is 3.53. The van der Waals surface area contributed by atoms with E-state index in [1.807, 2.05) is 6.07 Å². The molecule has 0 bridgehead atoms. The molecule has 1 aromatic heterocycles. The molecule has 0 aliphatic rings. The van der Waals surface area contributed by atoms with Crippen molar-refractivity contribution in [2.75, 3.05) is 10.6 Å². The number of benzene rings is 2. The van der Waals surface area contributed by atoms with Crippen molar-refractivity contribution < 1.29 is 14.1 Å². The number of aromatic nitrogens is 1. The highest BCUT2D eigenvalue weighted by Gasteiger charge is 2.12. The number of carbonyl (C=O) groups excluding carboxylic acids is 2. The van der Waals surface area contributed by atoms with E-state index in [1.54, 1.807) is 55.5 Å². The van der Waals surface area contributed by atoms with Crippen LogP contribution in [0.15, 0.2) is 59.1 Å². The molecule has 0 atom stereocenters. The van der Waals surface area contributed by atoms with Crippen LogP contribution in [0, 0.1) is 18.3 Å². The van der Waals surface area contributed by atoms with Crippen molar-refractivity contribution in [3.05, 3.63) is 77.0 Å². The number of carbonyl (C=O) groups is 2. The molecule has 0 radical (unpaired) electrons. The first-order valence-corrected chi connectivity index (χ1v) is 7.71. The number of hydrogen-bond donors (Lipinski definition) is 2. The number of nitrogens with zero attached hydrogens (tertiary/aromatic N) is 2. The Hall–Kier alpha value is -3.92. The van der Waals surface area contributed by atoms with E-state index in [0.717, 1.165) is 0 Å². The van der Waals surface area contributed by atoms with Gasteiger partial charge in [0.25, 0.3) is 11.8 Å². The van der Waals surface area contributed by atoms with E-state index in [4.69, 9.17) is 9.78 Å². The minimum absolute atomic E-state index is 0.305. The molecule has 2 aromatic carbocycles. The fourth-order valence-electron chi connectivity index (χ4n) is 2.25. The molecule has 0 saturated carbocycles. The van der Waals surface area contributed by atoms with Crippen LogP contribution in [0.5, 0.6) is 0 Å². The Morgan fingerprint density at radius 1 is 1.00 bits per heavy atom. The fraction of sp³-hybridized carbons (Fsp3) is 0.0526. The first-order chi connectivity index (χ1) is 12.5. The highest BCUT2D eigenvalue weighted by Crippen LogP contribution is 2.14. The quantitative estimate of drug-likeness (QED) is 0.753. The summed E-state index contributed by atoms with van der Waals surface area (Å²) in [4.78, 5) is 24.6. The second-order valence-corrected chi connectivity index (χ2v) is 5.50. The van der Waals surface area contributed by atoms with Gasteiger partial charge in [-0.2, -0.15) is 5.26 Å². The summed E-state index contributed by atoms with van der Waals surface area (Å²) < 4.78 is 4.90. The van der Waals surface area contributed by atoms with E-state index in [0.29, 0.717) is 34.0 Å². The van der Waals surface area contributed by atoms with Gasteiger partial charge in [-0.05, 0) is 49.4 Å². The smallest absolute Gasteiger partial charge is 0.256 e. The lowest BCUT2D eigenvalue weighted by atomic mass is 10.1. The molecule has 7 heteroatoms. The molecule has 1 heterocycles. The van der Waals surface area contributed by atoms with Crippen LogP contribution in [0.1, 0.15) is 32.0 Å². The second-order valence-electron chi connectivity index (χ2n) is 5.50. The van der Waals surface area contributed by atoms with Gasteiger partial charge in [-0.15, -0.1) is 0 Å². The minimum atomic E-state index is -0.397. The van der Waals surface area contributed by atoms with E-state index in [9.17, 15) is 9.59 Å². The third kappa shape index (κ3) is 3.94. The van der Waals surface area contributed by atoms with Gasteiger partial charge in [0.2, 0.25) is 0 Å². The largest absolute Gasteiger partial charge is 0.360 e. The Morgan fingerprint density at radius 3 is 2.23 bits per heavy atom. The van der Waals surface area contributed by atoms with Gasteiger partial charge in [-0.1, -0.05) is 11.2 Å². The van der Waals surface area contributed by atoms with Gasteiger partial charge in [0.15, 0.2) is 5.82 Å². The average molecular weight is 346 g/mol. The zero-order valence-electron chi connectivity index (χ0n) is 13.8. The maximum atomic E-state index is 12.4. The van der Waals surface area contributed by atoms with Crippen molar-refractivity contribution in [1.29, 1.82) is 5.26 Å². The lowest BCUT2D eigenvalue weighted by Crippen LogP contribution is -2.15. The van der Waals surface area contributed by atoms with Crippen LogP contribution in [-0.2, 0) is 0 Å². The zero-order chi connectivity index (χ0) is 18.5. The number of anilines is 2. The average Bonchev–Trinajstić information content (AvgIpc) is 3.07. The number of rotatable bonds is 4. The van der Waals surface area contributed by atoms with Crippen molar-refractivity contribution >= 4 is 23.3 Å². The molecule has 26 heavy (non-hydrogen) atoms. The van der Waals surface area contributed by atoms with E-state index in [2.05, 4.69) is 15.8 Å². The molecule has 0 aliphatic carbocycles. The summed E-state index contributed by atoms with van der Waals surface area (Å²) in [6.07, 6.45) is 0. The molecule has 0 saturated heterocycles. The molecule has 2 amide bonds. The molecular weight excluding hydrogens is 332 g/mol. The SMILES string of the molecule is Cc1cc(NC(=O)c2cccc(C(=O)Nc3ccc(C#N)cc3)c2)no1. The van der Waals surface area contributed by atoms with Gasteiger partial charge in [0.05, 0.1) is 11.6 Å². The predicted octanol–water partition coefficient (Wildman–Crippen LogP) is 3.36. The molecule has 3 rings (SSSR count). The van der Waals surface area contributed by atoms with Crippen LogP contribution < -0.4 is 10.6 Å². The fourth-order valence-corrected chi connectivity index (χ4v) is 2.25. The Labute approximate surface area is 149 Å². The lowest BCUT2D eigenvalue weighted by Gasteiger charge is -2.07. The number of amides is 2. The van der Waals surface area contributed by atoms with Gasteiger partial charge >= 0.3 is 0 Å². The van der Waals surface area contributed by atoms with Crippen molar-refractivity contribution in [2.24, 2.45) is 0 Å². The van der Waals surface area contributed by atoms with Gasteiger partial charge < -0.3 is 15.2 Å². The summed E-state index contributed by atoms with van der Waals surface area (Å²) in [6, 6.07) is 16.4. The summed E-state index contributed by atoms with van der Waals surface area (Å²) in [5.74, 6) is 0.128. The first-order valence-electron chi connectivity index (χ1n) is 7.71. The Morgan fingerprint density at radius 2 is 1.65 bits per heavy atom. The first kappa shape index (κ1) is 16.9. The van der Waals surface area contributed by atoms with Crippen LogP contribution in [-0.4, -0.2) is 17.0 Å². The molecule has 3 aromatic rings. The van der Waals surface area contributed by atoms with Crippen molar-refractivity contribution in [1.82, 2.24) is 5.16 Å². The van der Waals surface area contributed by atoms with Crippen LogP contribution in [0.3, 0.4) is 0 Å². The summed E-state index contributed by atoms with van der Waals surface area (Å²) in [5.41, 5.74) is 1.71. The maximum Gasteiger partial charge on any atom is 0.256 e. The highest BCUT2D eigenvalue weighted by molar-refractivity contribution is 6.08. The Balaban J connectivity index is 1.72. The number of nitrogens with one attached hydrogen (secondary N) is 2.